The van der Waals surface area contributed by atoms with Crippen LogP contribution in [0.1, 0.15) is 23.2 Å². The van der Waals surface area contributed by atoms with Crippen LogP contribution in [0.3, 0.4) is 0 Å². The quantitative estimate of drug-likeness (QED) is 0.592. The minimum absolute atomic E-state index is 0.00191. The van der Waals surface area contributed by atoms with Gasteiger partial charge in [-0.3, -0.25) is 14.4 Å². The van der Waals surface area contributed by atoms with Gasteiger partial charge in [-0.2, -0.15) is 0 Å². The Kier molecular flexibility index (Phi) is 6.64. The van der Waals surface area contributed by atoms with Crippen molar-refractivity contribution in [3.63, 3.8) is 0 Å². The van der Waals surface area contributed by atoms with Crippen LogP contribution in [0.25, 0.3) is 0 Å². The summed E-state index contributed by atoms with van der Waals surface area (Å²) in [5.74, 6) is -0.742. The molecule has 0 aliphatic carbocycles. The van der Waals surface area contributed by atoms with Crippen molar-refractivity contribution >= 4 is 34.8 Å². The van der Waals surface area contributed by atoms with Crippen molar-refractivity contribution in [2.24, 2.45) is 0 Å². The molecule has 168 valence electrons. The fraction of sp³-hybridized carbons (Fsp3) is 0.160. The molecule has 0 fully saturated rings. The third-order valence-electron chi connectivity index (χ3n) is 5.09. The number of nitrogens with one attached hydrogen (secondary N) is 2. The lowest BCUT2D eigenvalue weighted by Crippen LogP contribution is -2.38. The molecule has 0 saturated carbocycles. The molecule has 33 heavy (non-hydrogen) atoms. The average Bonchev–Trinajstić information content (AvgIpc) is 2.82. The summed E-state index contributed by atoms with van der Waals surface area (Å²) in [6.45, 7) is 0.833. The van der Waals surface area contributed by atoms with Crippen LogP contribution in [0.5, 0.6) is 5.75 Å². The van der Waals surface area contributed by atoms with Crippen LogP contribution in [0.2, 0.25) is 0 Å². The maximum atomic E-state index is 13.3. The van der Waals surface area contributed by atoms with Crippen LogP contribution in [0, 0.1) is 5.82 Å². The van der Waals surface area contributed by atoms with E-state index < -0.39 is 11.7 Å². The van der Waals surface area contributed by atoms with Gasteiger partial charge < -0.3 is 20.3 Å². The summed E-state index contributed by atoms with van der Waals surface area (Å²) in [5.41, 5.74) is 1.76. The molecule has 1 aliphatic rings. The van der Waals surface area contributed by atoms with Gasteiger partial charge in [0.15, 0.2) is 0 Å². The van der Waals surface area contributed by atoms with Crippen LogP contribution in [-0.4, -0.2) is 30.9 Å². The summed E-state index contributed by atoms with van der Waals surface area (Å²) in [7, 11) is 0. The lowest BCUT2D eigenvalue weighted by molar-refractivity contribution is -0.122. The van der Waals surface area contributed by atoms with Crippen molar-refractivity contribution in [1.29, 1.82) is 0 Å². The Morgan fingerprint density at radius 1 is 0.879 bits per heavy atom. The number of carbonyl (C=O) groups is 3. The lowest BCUT2D eigenvalue weighted by atomic mass is 10.1. The molecule has 3 aromatic carbocycles. The van der Waals surface area contributed by atoms with E-state index in [0.29, 0.717) is 41.5 Å². The van der Waals surface area contributed by atoms with E-state index >= 15 is 0 Å². The number of hydrogen-bond acceptors (Lipinski definition) is 4. The molecule has 0 saturated heterocycles. The molecule has 0 atom stereocenters. The first kappa shape index (κ1) is 22.0. The summed E-state index contributed by atoms with van der Waals surface area (Å²) >= 11 is 0. The van der Waals surface area contributed by atoms with Gasteiger partial charge in [-0.25, -0.2) is 4.39 Å². The largest absolute Gasteiger partial charge is 0.490 e. The van der Waals surface area contributed by atoms with Gasteiger partial charge in [-0.05, 0) is 48.5 Å². The molecule has 1 heterocycles. The van der Waals surface area contributed by atoms with Crippen LogP contribution in [-0.2, 0) is 9.59 Å². The number of anilines is 3. The zero-order chi connectivity index (χ0) is 23.2. The molecule has 2 N–H and O–H groups in total. The highest BCUT2D eigenvalue weighted by atomic mass is 19.1. The Morgan fingerprint density at radius 2 is 1.64 bits per heavy atom. The predicted octanol–water partition coefficient (Wildman–Crippen LogP) is 4.22. The zero-order valence-electron chi connectivity index (χ0n) is 17.7. The van der Waals surface area contributed by atoms with E-state index in [1.54, 1.807) is 35.2 Å². The molecule has 0 aromatic heterocycles. The van der Waals surface area contributed by atoms with E-state index in [1.807, 2.05) is 18.2 Å². The molecule has 0 unspecified atom stereocenters. The van der Waals surface area contributed by atoms with Crippen molar-refractivity contribution in [3.8, 4) is 5.75 Å². The van der Waals surface area contributed by atoms with Crippen LogP contribution < -0.4 is 20.3 Å². The molecule has 1 aliphatic heterocycles. The number of ether oxygens (including phenoxy) is 1. The molecular formula is C25H22FN3O4. The topological polar surface area (TPSA) is 87.7 Å². The van der Waals surface area contributed by atoms with E-state index in [4.69, 9.17) is 4.74 Å². The number of halogens is 1. The number of carbonyl (C=O) groups excluding carboxylic acids is 3. The second-order valence-corrected chi connectivity index (χ2v) is 7.46. The number of nitrogens with zero attached hydrogens (tertiary/aromatic N) is 1. The number of rotatable bonds is 6. The van der Waals surface area contributed by atoms with Gasteiger partial charge in [0.25, 0.3) is 5.91 Å². The Balaban J connectivity index is 1.33. The Hall–Kier alpha value is -4.20. The standard InChI is InChI=1S/C25H22FN3O4/c26-18-6-4-8-20(16-18)28-25(32)17-5-3-7-19(15-17)27-23(30)11-12-24(31)29-13-14-33-22-10-2-1-9-21(22)29/h1-10,15-16H,11-14H2,(H,27,30)(H,28,32). The van der Waals surface area contributed by atoms with Crippen molar-refractivity contribution in [3.05, 3.63) is 84.2 Å². The number of fused-ring (bicyclic) bond motifs is 1. The van der Waals surface area contributed by atoms with E-state index in [1.165, 1.54) is 24.3 Å². The molecule has 0 radical (unpaired) electrons. The van der Waals surface area contributed by atoms with E-state index in [2.05, 4.69) is 10.6 Å². The summed E-state index contributed by atoms with van der Waals surface area (Å²) in [5, 5.41) is 5.33. The Morgan fingerprint density at radius 3 is 2.45 bits per heavy atom. The molecule has 3 aromatic rings. The van der Waals surface area contributed by atoms with Gasteiger partial charge in [0, 0.05) is 29.8 Å². The molecule has 7 nitrogen and oxygen atoms in total. The first-order valence-corrected chi connectivity index (χ1v) is 10.5. The van der Waals surface area contributed by atoms with Gasteiger partial charge in [-0.1, -0.05) is 24.3 Å². The molecule has 0 bridgehead atoms. The van der Waals surface area contributed by atoms with Gasteiger partial charge >= 0.3 is 0 Å². The van der Waals surface area contributed by atoms with Crippen molar-refractivity contribution in [1.82, 2.24) is 0 Å². The molecule has 3 amide bonds. The Labute approximate surface area is 190 Å². The van der Waals surface area contributed by atoms with Crippen LogP contribution >= 0.6 is 0 Å². The summed E-state index contributed by atoms with van der Waals surface area (Å²) in [6, 6.07) is 19.3. The maximum Gasteiger partial charge on any atom is 0.255 e. The fourth-order valence-corrected chi connectivity index (χ4v) is 3.52. The van der Waals surface area contributed by atoms with Gasteiger partial charge in [0.05, 0.1) is 12.2 Å². The second-order valence-electron chi connectivity index (χ2n) is 7.46. The van der Waals surface area contributed by atoms with E-state index in [-0.39, 0.29) is 24.7 Å². The highest BCUT2D eigenvalue weighted by Gasteiger charge is 2.23. The third kappa shape index (κ3) is 5.54. The monoisotopic (exact) mass is 447 g/mol. The van der Waals surface area contributed by atoms with E-state index in [9.17, 15) is 18.8 Å². The second kappa shape index (κ2) is 9.95. The predicted molar refractivity (Wildman–Crippen MR) is 123 cm³/mol. The van der Waals surface area contributed by atoms with Crippen LogP contribution in [0.15, 0.2) is 72.8 Å². The van der Waals surface area contributed by atoms with E-state index in [0.717, 1.165) is 0 Å². The highest BCUT2D eigenvalue weighted by Crippen LogP contribution is 2.31. The third-order valence-corrected chi connectivity index (χ3v) is 5.09. The van der Waals surface area contributed by atoms with Crippen molar-refractivity contribution in [2.75, 3.05) is 28.7 Å². The van der Waals surface area contributed by atoms with Gasteiger partial charge in [0.2, 0.25) is 11.8 Å². The van der Waals surface area contributed by atoms with Crippen molar-refractivity contribution in [2.45, 2.75) is 12.8 Å². The lowest BCUT2D eigenvalue weighted by Gasteiger charge is -2.29. The zero-order valence-corrected chi connectivity index (χ0v) is 17.7. The van der Waals surface area contributed by atoms with Gasteiger partial charge in [0.1, 0.15) is 18.2 Å². The number of hydrogen-bond donors (Lipinski definition) is 2. The molecule has 0 spiro atoms. The Bertz CT molecular complexity index is 1200. The summed E-state index contributed by atoms with van der Waals surface area (Å²) in [4.78, 5) is 39.2. The number of amides is 3. The first-order valence-electron chi connectivity index (χ1n) is 10.5. The average molecular weight is 447 g/mol. The summed E-state index contributed by atoms with van der Waals surface area (Å²) in [6.07, 6.45) is 0.0397. The molecule has 8 heteroatoms. The SMILES string of the molecule is O=C(CCC(=O)N1CCOc2ccccc21)Nc1cccc(C(=O)Nc2cccc(F)c2)c1. The molecular weight excluding hydrogens is 425 g/mol. The van der Waals surface area contributed by atoms with Gasteiger partial charge in [-0.15, -0.1) is 0 Å². The minimum atomic E-state index is -0.455. The van der Waals surface area contributed by atoms with Crippen LogP contribution in [0.4, 0.5) is 21.5 Å². The summed E-state index contributed by atoms with van der Waals surface area (Å²) < 4.78 is 18.9. The van der Waals surface area contributed by atoms with Crippen molar-refractivity contribution < 1.29 is 23.5 Å². The normalized spacial score (nSPS) is 12.3. The number of benzene rings is 3. The maximum absolute atomic E-state index is 13.3. The minimum Gasteiger partial charge on any atom is -0.490 e. The highest BCUT2D eigenvalue weighted by molar-refractivity contribution is 6.05. The first-order chi connectivity index (χ1) is 16.0. The fourth-order valence-electron chi connectivity index (χ4n) is 3.52. The smallest absolute Gasteiger partial charge is 0.255 e. The molecule has 4 rings (SSSR count). The number of para-hydroxylation sites is 2.